The average Bonchev–Trinajstić information content (AvgIpc) is 2.67. The molecule has 2 aliphatic heterocycles. The summed E-state index contributed by atoms with van der Waals surface area (Å²) in [6.07, 6.45) is -3.10. The molecule has 2 heterocycles. The summed E-state index contributed by atoms with van der Waals surface area (Å²) in [7, 11) is 0. The van der Waals surface area contributed by atoms with Crippen molar-refractivity contribution >= 4 is 11.6 Å². The van der Waals surface area contributed by atoms with Gasteiger partial charge < -0.3 is 15.4 Å². The van der Waals surface area contributed by atoms with Crippen LogP contribution in [0, 0.1) is 5.41 Å². The molecule has 1 saturated heterocycles. The molecule has 1 fully saturated rings. The Labute approximate surface area is 155 Å². The Kier molecular flexibility index (Phi) is 5.55. The van der Waals surface area contributed by atoms with Gasteiger partial charge in [0.2, 0.25) is 0 Å². The predicted molar refractivity (Wildman–Crippen MR) is 94.4 cm³/mol. The Morgan fingerprint density at radius 3 is 2.52 bits per heavy atom. The molecule has 2 aliphatic rings. The third-order valence-corrected chi connectivity index (χ3v) is 5.15. The largest absolute Gasteiger partial charge is 0.416 e. The second-order valence-corrected chi connectivity index (χ2v) is 6.83. The smallest absolute Gasteiger partial charge is 0.400 e. The lowest BCUT2D eigenvalue weighted by Gasteiger charge is -2.33. The lowest BCUT2D eigenvalue weighted by Crippen LogP contribution is -2.43. The van der Waals surface area contributed by atoms with Crippen LogP contribution in [0.25, 0.3) is 0 Å². The maximum atomic E-state index is 13.2. The molecule has 0 bridgehead atoms. The van der Waals surface area contributed by atoms with Crippen molar-refractivity contribution in [3.8, 4) is 0 Å². The van der Waals surface area contributed by atoms with Crippen LogP contribution >= 0.6 is 0 Å². The van der Waals surface area contributed by atoms with E-state index in [1.807, 2.05) is 0 Å². The van der Waals surface area contributed by atoms with E-state index in [1.54, 1.807) is 6.07 Å². The number of halogens is 3. The summed E-state index contributed by atoms with van der Waals surface area (Å²) in [6, 6.07) is 5.61. The van der Waals surface area contributed by atoms with Crippen molar-refractivity contribution in [2.75, 3.05) is 26.3 Å². The van der Waals surface area contributed by atoms with Gasteiger partial charge in [0, 0.05) is 24.4 Å². The average molecular weight is 381 g/mol. The Morgan fingerprint density at radius 1 is 1.22 bits per heavy atom. The second kappa shape index (κ2) is 7.72. The molecule has 0 spiro atoms. The van der Waals surface area contributed by atoms with Gasteiger partial charge in [-0.05, 0) is 36.8 Å². The van der Waals surface area contributed by atoms with Crippen molar-refractivity contribution in [2.45, 2.75) is 31.4 Å². The van der Waals surface area contributed by atoms with Crippen LogP contribution < -0.4 is 5.73 Å². The highest BCUT2D eigenvalue weighted by Gasteiger charge is 2.36. The fourth-order valence-electron chi connectivity index (χ4n) is 3.68. The number of nitrogens with zero attached hydrogens (tertiary/aromatic N) is 1. The monoisotopic (exact) mass is 381 g/mol. The third kappa shape index (κ3) is 4.16. The number of hydrogen-bond donors (Lipinski definition) is 2. The predicted octanol–water partition coefficient (Wildman–Crippen LogP) is 3.06. The van der Waals surface area contributed by atoms with Crippen molar-refractivity contribution in [1.29, 1.82) is 5.41 Å². The summed E-state index contributed by atoms with van der Waals surface area (Å²) in [5.74, 6) is -0.675. The fraction of sp³-hybridized carbons (Fsp3) is 0.474. The number of alkyl halides is 3. The third-order valence-electron chi connectivity index (χ3n) is 5.15. The molecule has 1 aromatic rings. The van der Waals surface area contributed by atoms with Gasteiger partial charge in [0.05, 0.1) is 18.8 Å². The van der Waals surface area contributed by atoms with Gasteiger partial charge in [-0.1, -0.05) is 18.2 Å². The number of amides is 1. The summed E-state index contributed by atoms with van der Waals surface area (Å²) in [4.78, 5) is 14.1. The number of carbonyl (C=O) groups excluding carboxylic acids is 1. The minimum atomic E-state index is -4.39. The number of likely N-dealkylation sites (tertiary alicyclic amines) is 1. The highest BCUT2D eigenvalue weighted by Crippen LogP contribution is 2.38. The molecule has 3 N–H and O–H groups in total. The van der Waals surface area contributed by atoms with E-state index in [-0.39, 0.29) is 23.8 Å². The molecule has 146 valence electrons. The Balaban J connectivity index is 1.68. The van der Waals surface area contributed by atoms with Gasteiger partial charge in [0.25, 0.3) is 5.91 Å². The molecule has 0 unspecified atom stereocenters. The number of rotatable bonds is 3. The number of piperidine rings is 1. The first-order valence-electron chi connectivity index (χ1n) is 8.88. The first kappa shape index (κ1) is 19.4. The van der Waals surface area contributed by atoms with Crippen LogP contribution in [0.2, 0.25) is 0 Å². The minimum absolute atomic E-state index is 0.134. The minimum Gasteiger partial charge on any atom is -0.400 e. The first-order valence-corrected chi connectivity index (χ1v) is 8.88. The number of benzene rings is 1. The van der Waals surface area contributed by atoms with E-state index in [4.69, 9.17) is 15.9 Å². The van der Waals surface area contributed by atoms with E-state index in [0.29, 0.717) is 50.2 Å². The van der Waals surface area contributed by atoms with Crippen molar-refractivity contribution in [1.82, 2.24) is 4.90 Å². The Hall–Kier alpha value is -2.35. The number of hydrogen-bond acceptors (Lipinski definition) is 4. The van der Waals surface area contributed by atoms with Crippen LogP contribution in [0.1, 0.15) is 36.3 Å². The number of nitrogens with one attached hydrogen (secondary N) is 1. The summed E-state index contributed by atoms with van der Waals surface area (Å²) >= 11 is 0. The maximum absolute atomic E-state index is 13.2. The molecular weight excluding hydrogens is 359 g/mol. The second-order valence-electron chi connectivity index (χ2n) is 6.83. The van der Waals surface area contributed by atoms with E-state index in [9.17, 15) is 18.0 Å². The SMILES string of the molecule is N=C(C(=O)N1CCC(c2ccccc2C(F)(F)F)CC1)C1=C(N)COCC1. The zero-order chi connectivity index (χ0) is 19.6. The molecule has 0 atom stereocenters. The highest BCUT2D eigenvalue weighted by molar-refractivity contribution is 6.44. The molecule has 1 amide bonds. The zero-order valence-corrected chi connectivity index (χ0v) is 14.8. The molecule has 1 aromatic carbocycles. The first-order chi connectivity index (χ1) is 12.8. The van der Waals surface area contributed by atoms with Crippen LogP contribution in [0.3, 0.4) is 0 Å². The number of nitrogens with two attached hydrogens (primary N) is 1. The van der Waals surface area contributed by atoms with Gasteiger partial charge in [-0.2, -0.15) is 13.2 Å². The van der Waals surface area contributed by atoms with E-state index in [1.165, 1.54) is 17.0 Å². The normalized spacial score (nSPS) is 19.3. The standard InChI is InChI=1S/C19H22F3N3O2/c20-19(21,22)15-4-2-1-3-13(15)12-5-8-25(9-6-12)18(26)17(24)14-7-10-27-11-16(14)23/h1-4,12,24H,5-11,23H2. The Morgan fingerprint density at radius 2 is 1.89 bits per heavy atom. The molecule has 3 rings (SSSR count). The van der Waals surface area contributed by atoms with Crippen molar-refractivity contribution in [3.63, 3.8) is 0 Å². The fourth-order valence-corrected chi connectivity index (χ4v) is 3.68. The van der Waals surface area contributed by atoms with Crippen molar-refractivity contribution < 1.29 is 22.7 Å². The Bertz CT molecular complexity index is 766. The topological polar surface area (TPSA) is 79.4 Å². The molecule has 0 aromatic heterocycles. The zero-order valence-electron chi connectivity index (χ0n) is 14.8. The van der Waals surface area contributed by atoms with E-state index in [2.05, 4.69) is 0 Å². The molecule has 8 heteroatoms. The van der Waals surface area contributed by atoms with Gasteiger partial charge in [0.1, 0.15) is 5.71 Å². The van der Waals surface area contributed by atoms with E-state index >= 15 is 0 Å². The lowest BCUT2D eigenvalue weighted by atomic mass is 9.86. The molecule has 0 aliphatic carbocycles. The van der Waals surface area contributed by atoms with Gasteiger partial charge in [-0.15, -0.1) is 0 Å². The van der Waals surface area contributed by atoms with Crippen LogP contribution in [0.5, 0.6) is 0 Å². The van der Waals surface area contributed by atoms with Crippen LogP contribution in [-0.2, 0) is 15.7 Å². The highest BCUT2D eigenvalue weighted by atomic mass is 19.4. The number of carbonyl (C=O) groups is 1. The van der Waals surface area contributed by atoms with Crippen LogP contribution in [0.4, 0.5) is 13.2 Å². The molecule has 5 nitrogen and oxygen atoms in total. The van der Waals surface area contributed by atoms with Crippen LogP contribution in [-0.4, -0.2) is 42.8 Å². The number of ether oxygens (including phenoxy) is 1. The summed E-state index contributed by atoms with van der Waals surface area (Å²) < 4.78 is 44.9. The molecular formula is C19H22F3N3O2. The molecule has 27 heavy (non-hydrogen) atoms. The molecule has 0 saturated carbocycles. The quantitative estimate of drug-likeness (QED) is 0.790. The van der Waals surface area contributed by atoms with E-state index in [0.717, 1.165) is 6.07 Å². The summed E-state index contributed by atoms with van der Waals surface area (Å²) in [6.45, 7) is 1.27. The lowest BCUT2D eigenvalue weighted by molar-refractivity contribution is -0.138. The van der Waals surface area contributed by atoms with E-state index < -0.39 is 17.6 Å². The van der Waals surface area contributed by atoms with Gasteiger partial charge in [-0.25, -0.2) is 0 Å². The molecule has 0 radical (unpaired) electrons. The van der Waals surface area contributed by atoms with Crippen LogP contribution in [0.15, 0.2) is 35.5 Å². The van der Waals surface area contributed by atoms with Crippen molar-refractivity contribution in [2.24, 2.45) is 5.73 Å². The summed E-state index contributed by atoms with van der Waals surface area (Å²) in [5, 5.41) is 8.15. The maximum Gasteiger partial charge on any atom is 0.416 e. The van der Waals surface area contributed by atoms with Crippen molar-refractivity contribution in [3.05, 3.63) is 46.7 Å². The van der Waals surface area contributed by atoms with Gasteiger partial charge >= 0.3 is 6.18 Å². The summed E-state index contributed by atoms with van der Waals surface area (Å²) in [5.41, 5.74) is 6.28. The van der Waals surface area contributed by atoms with Gasteiger partial charge in [-0.3, -0.25) is 10.2 Å². The van der Waals surface area contributed by atoms with Gasteiger partial charge in [0.15, 0.2) is 0 Å².